The van der Waals surface area contributed by atoms with Gasteiger partial charge in [0.05, 0.1) is 11.0 Å². The molecule has 0 radical (unpaired) electrons. The van der Waals surface area contributed by atoms with Crippen molar-refractivity contribution >= 4 is 21.3 Å². The number of carbonyl (C=O) groups excluding carboxylic acids is 1. The van der Waals surface area contributed by atoms with E-state index >= 15 is 0 Å². The lowest BCUT2D eigenvalue weighted by Crippen LogP contribution is -2.29. The largest absolute Gasteiger partial charge is 0.368 e. The Balaban J connectivity index is 1.48. The molecule has 2 aliphatic rings. The fourth-order valence-corrected chi connectivity index (χ4v) is 5.59. The van der Waals surface area contributed by atoms with Crippen molar-refractivity contribution in [3.05, 3.63) is 42.0 Å². The quantitative estimate of drug-likeness (QED) is 0.641. The van der Waals surface area contributed by atoms with E-state index < -0.39 is 9.84 Å². The van der Waals surface area contributed by atoms with E-state index in [9.17, 15) is 13.2 Å². The van der Waals surface area contributed by atoms with E-state index in [4.69, 9.17) is 0 Å². The molecule has 0 unspecified atom stereocenters. The van der Waals surface area contributed by atoms with Crippen molar-refractivity contribution in [1.29, 1.82) is 0 Å². The van der Waals surface area contributed by atoms with Gasteiger partial charge in [-0.15, -0.1) is 0 Å². The van der Waals surface area contributed by atoms with Crippen LogP contribution < -0.4 is 4.90 Å². The minimum Gasteiger partial charge on any atom is -0.368 e. The second kappa shape index (κ2) is 9.25. The molecule has 0 bridgehead atoms. The van der Waals surface area contributed by atoms with E-state index in [-0.39, 0.29) is 22.8 Å². The van der Waals surface area contributed by atoms with Gasteiger partial charge >= 0.3 is 0 Å². The van der Waals surface area contributed by atoms with Crippen molar-refractivity contribution in [1.82, 2.24) is 0 Å². The summed E-state index contributed by atoms with van der Waals surface area (Å²) in [7, 11) is -2.99. The van der Waals surface area contributed by atoms with Gasteiger partial charge in [-0.1, -0.05) is 24.3 Å². The standard InChI is InChI=1S/C23H33NO3S/c1-18(2)28(26,27)17-20-6-10-21(11-7-20)23(25)16-19-8-12-22(13-9-19)24-14-4-3-5-15-24/h3-4,8-9,12-13,18,20-21H,5-7,10-11,14-17H2,1-2H3. The van der Waals surface area contributed by atoms with Crippen LogP contribution in [-0.2, 0) is 21.1 Å². The van der Waals surface area contributed by atoms with Gasteiger partial charge in [-0.3, -0.25) is 4.79 Å². The molecule has 1 aliphatic heterocycles. The normalized spacial score (nSPS) is 23.2. The first-order chi connectivity index (χ1) is 13.3. The third-order valence-corrected chi connectivity index (χ3v) is 8.60. The number of sulfone groups is 1. The zero-order chi connectivity index (χ0) is 20.1. The van der Waals surface area contributed by atoms with E-state index in [0.717, 1.165) is 50.8 Å². The number of hydrogen-bond donors (Lipinski definition) is 0. The molecule has 1 aromatic carbocycles. The van der Waals surface area contributed by atoms with Gasteiger partial charge < -0.3 is 4.90 Å². The Morgan fingerprint density at radius 1 is 1.07 bits per heavy atom. The van der Waals surface area contributed by atoms with Crippen molar-refractivity contribution in [2.24, 2.45) is 11.8 Å². The van der Waals surface area contributed by atoms with Crippen LogP contribution in [-0.4, -0.2) is 38.3 Å². The fraction of sp³-hybridized carbons (Fsp3) is 0.609. The van der Waals surface area contributed by atoms with Crippen molar-refractivity contribution in [3.63, 3.8) is 0 Å². The van der Waals surface area contributed by atoms with Crippen molar-refractivity contribution in [3.8, 4) is 0 Å². The highest BCUT2D eigenvalue weighted by molar-refractivity contribution is 7.91. The number of carbonyl (C=O) groups is 1. The molecule has 0 atom stereocenters. The van der Waals surface area contributed by atoms with Gasteiger partial charge in [0.2, 0.25) is 0 Å². The van der Waals surface area contributed by atoms with Crippen LogP contribution in [0.2, 0.25) is 0 Å². The van der Waals surface area contributed by atoms with E-state index in [1.807, 2.05) is 0 Å². The average Bonchev–Trinajstić information content (AvgIpc) is 2.69. The zero-order valence-electron chi connectivity index (χ0n) is 17.1. The highest BCUT2D eigenvalue weighted by atomic mass is 32.2. The Morgan fingerprint density at radius 3 is 2.32 bits per heavy atom. The van der Waals surface area contributed by atoms with Crippen LogP contribution in [0.5, 0.6) is 0 Å². The van der Waals surface area contributed by atoms with Crippen LogP contribution in [0.25, 0.3) is 0 Å². The molecule has 0 spiro atoms. The molecule has 1 aliphatic carbocycles. The Bertz CT molecular complexity index is 788. The Labute approximate surface area is 169 Å². The summed E-state index contributed by atoms with van der Waals surface area (Å²) < 4.78 is 24.2. The van der Waals surface area contributed by atoms with Crippen LogP contribution in [0, 0.1) is 11.8 Å². The minimum absolute atomic E-state index is 0.0879. The molecule has 154 valence electrons. The summed E-state index contributed by atoms with van der Waals surface area (Å²) in [6.07, 6.45) is 9.35. The summed E-state index contributed by atoms with van der Waals surface area (Å²) in [5, 5.41) is -0.309. The molecule has 0 saturated heterocycles. The molecule has 3 rings (SSSR count). The molecule has 1 fully saturated rings. The molecule has 0 N–H and O–H groups in total. The monoisotopic (exact) mass is 403 g/mol. The third kappa shape index (κ3) is 5.47. The first-order valence-corrected chi connectivity index (χ1v) is 12.3. The third-order valence-electron chi connectivity index (χ3n) is 6.23. The van der Waals surface area contributed by atoms with Gasteiger partial charge in [0.1, 0.15) is 5.78 Å². The van der Waals surface area contributed by atoms with Crippen LogP contribution in [0.3, 0.4) is 0 Å². The summed E-state index contributed by atoms with van der Waals surface area (Å²) in [6, 6.07) is 8.39. The number of anilines is 1. The van der Waals surface area contributed by atoms with Crippen molar-refractivity contribution in [2.45, 2.75) is 57.6 Å². The molecule has 28 heavy (non-hydrogen) atoms. The molecular formula is C23H33NO3S. The number of rotatable bonds is 7. The maximum absolute atomic E-state index is 12.7. The second-order valence-electron chi connectivity index (χ2n) is 8.61. The van der Waals surface area contributed by atoms with Crippen molar-refractivity contribution in [2.75, 3.05) is 23.7 Å². The molecule has 1 aromatic rings. The number of ketones is 1. The molecule has 5 heteroatoms. The van der Waals surface area contributed by atoms with Gasteiger partial charge in [0.15, 0.2) is 9.84 Å². The van der Waals surface area contributed by atoms with E-state index in [1.54, 1.807) is 13.8 Å². The van der Waals surface area contributed by atoms with Gasteiger partial charge in [-0.25, -0.2) is 8.42 Å². The Kier molecular flexibility index (Phi) is 6.97. The Morgan fingerprint density at radius 2 is 1.75 bits per heavy atom. The van der Waals surface area contributed by atoms with E-state index in [2.05, 4.69) is 41.3 Å². The van der Waals surface area contributed by atoms with Crippen LogP contribution >= 0.6 is 0 Å². The topological polar surface area (TPSA) is 54.5 Å². The molecule has 0 aromatic heterocycles. The number of Topliss-reactive ketones (excluding diaryl/α,β-unsaturated/α-hetero) is 1. The predicted octanol–water partition coefficient (Wildman–Crippen LogP) is 4.19. The van der Waals surface area contributed by atoms with Gasteiger partial charge in [-0.2, -0.15) is 0 Å². The molecule has 0 amide bonds. The molecular weight excluding hydrogens is 370 g/mol. The fourth-order valence-electron chi connectivity index (χ4n) is 4.22. The molecule has 4 nitrogen and oxygen atoms in total. The molecule has 1 heterocycles. The summed E-state index contributed by atoms with van der Waals surface area (Å²) in [5.41, 5.74) is 2.29. The summed E-state index contributed by atoms with van der Waals surface area (Å²) in [4.78, 5) is 15.1. The van der Waals surface area contributed by atoms with Gasteiger partial charge in [-0.05, 0) is 69.6 Å². The lowest BCUT2D eigenvalue weighted by molar-refractivity contribution is -0.123. The summed E-state index contributed by atoms with van der Waals surface area (Å²) in [5.74, 6) is 0.886. The van der Waals surface area contributed by atoms with E-state index in [0.29, 0.717) is 12.2 Å². The van der Waals surface area contributed by atoms with Crippen LogP contribution in [0.15, 0.2) is 36.4 Å². The smallest absolute Gasteiger partial charge is 0.152 e. The SMILES string of the molecule is CC(C)S(=O)(=O)CC1CCC(C(=O)Cc2ccc(N3CC=CCC3)cc2)CC1. The minimum atomic E-state index is -2.99. The lowest BCUT2D eigenvalue weighted by Gasteiger charge is -2.28. The predicted molar refractivity (Wildman–Crippen MR) is 115 cm³/mol. The van der Waals surface area contributed by atoms with Crippen LogP contribution in [0.4, 0.5) is 5.69 Å². The average molecular weight is 404 g/mol. The number of nitrogens with zero attached hydrogens (tertiary/aromatic N) is 1. The number of benzene rings is 1. The molecule has 1 saturated carbocycles. The van der Waals surface area contributed by atoms with E-state index in [1.165, 1.54) is 5.69 Å². The van der Waals surface area contributed by atoms with Crippen LogP contribution in [0.1, 0.15) is 51.5 Å². The lowest BCUT2D eigenvalue weighted by atomic mass is 9.79. The second-order valence-corrected chi connectivity index (χ2v) is 11.2. The maximum atomic E-state index is 12.7. The maximum Gasteiger partial charge on any atom is 0.152 e. The van der Waals surface area contributed by atoms with Gasteiger partial charge in [0, 0.05) is 31.1 Å². The number of hydrogen-bond acceptors (Lipinski definition) is 4. The first-order valence-electron chi connectivity index (χ1n) is 10.6. The highest BCUT2D eigenvalue weighted by Crippen LogP contribution is 2.31. The Hall–Kier alpha value is -1.62. The zero-order valence-corrected chi connectivity index (χ0v) is 18.0. The highest BCUT2D eigenvalue weighted by Gasteiger charge is 2.29. The summed E-state index contributed by atoms with van der Waals surface area (Å²) >= 11 is 0. The summed E-state index contributed by atoms with van der Waals surface area (Å²) in [6.45, 7) is 5.49. The van der Waals surface area contributed by atoms with Crippen molar-refractivity contribution < 1.29 is 13.2 Å². The first kappa shape index (κ1) is 21.1. The van der Waals surface area contributed by atoms with Gasteiger partial charge in [0.25, 0.3) is 0 Å².